The van der Waals surface area contributed by atoms with Crippen LogP contribution in [0.3, 0.4) is 0 Å². The van der Waals surface area contributed by atoms with Crippen molar-refractivity contribution in [3.8, 4) is 0 Å². The van der Waals surface area contributed by atoms with Gasteiger partial charge < -0.3 is 15.2 Å². The van der Waals surface area contributed by atoms with Crippen LogP contribution in [-0.4, -0.2) is 39.6 Å². The average molecular weight is 415 g/mol. The highest BCUT2D eigenvalue weighted by molar-refractivity contribution is 6.45. The van der Waals surface area contributed by atoms with E-state index in [1.54, 1.807) is 17.0 Å². The van der Waals surface area contributed by atoms with E-state index in [1.807, 2.05) is 43.3 Å². The van der Waals surface area contributed by atoms with E-state index in [9.17, 15) is 14.4 Å². The van der Waals surface area contributed by atoms with Gasteiger partial charge in [0.15, 0.2) is 0 Å². The number of aryl methyl sites for hydroxylation is 1. The lowest BCUT2D eigenvalue weighted by Gasteiger charge is -2.22. The number of ketones is 1. The number of carbonyl (C=O) groups excluding carboxylic acids is 3. The summed E-state index contributed by atoms with van der Waals surface area (Å²) in [4.78, 5) is 43.5. The number of nitrogens with one attached hydrogen (secondary N) is 2. The van der Waals surface area contributed by atoms with E-state index < -0.39 is 11.7 Å². The van der Waals surface area contributed by atoms with Crippen molar-refractivity contribution in [2.24, 2.45) is 0 Å². The van der Waals surface area contributed by atoms with E-state index in [1.165, 1.54) is 0 Å². The number of fused-ring (bicyclic) bond motifs is 1. The maximum atomic E-state index is 13.2. The molecule has 0 bridgehead atoms. The molecule has 2 aliphatic carbocycles. The predicted octanol–water partition coefficient (Wildman–Crippen LogP) is 3.74. The van der Waals surface area contributed by atoms with Crippen LogP contribution < -0.4 is 5.32 Å². The number of rotatable bonds is 7. The van der Waals surface area contributed by atoms with E-state index in [0.717, 1.165) is 42.1 Å². The van der Waals surface area contributed by atoms with Crippen molar-refractivity contribution in [3.63, 3.8) is 0 Å². The zero-order chi connectivity index (χ0) is 21.5. The molecule has 0 unspecified atom stereocenters. The van der Waals surface area contributed by atoms with E-state index in [0.29, 0.717) is 29.4 Å². The maximum Gasteiger partial charge on any atom is 0.295 e. The van der Waals surface area contributed by atoms with Crippen molar-refractivity contribution < 1.29 is 14.4 Å². The van der Waals surface area contributed by atoms with E-state index in [4.69, 9.17) is 0 Å². The standard InChI is InChI=1S/C25H25N3O3/c1-15-22(20-4-2-3-5-21(20)26-15)23(29)25(31)28(19-12-13-19)14-16-6-8-17(9-7-16)24(30)27-18-10-11-18/h2-9,18-19,26H,10-14H2,1H3,(H,27,30). The smallest absolute Gasteiger partial charge is 0.295 e. The maximum absolute atomic E-state index is 13.2. The number of benzene rings is 2. The zero-order valence-electron chi connectivity index (χ0n) is 17.5. The molecule has 0 atom stereocenters. The second-order valence-electron chi connectivity index (χ2n) is 8.61. The Morgan fingerprint density at radius 1 is 1.00 bits per heavy atom. The Bertz CT molecular complexity index is 1170. The van der Waals surface area contributed by atoms with Gasteiger partial charge in [-0.05, 0) is 56.4 Å². The summed E-state index contributed by atoms with van der Waals surface area (Å²) in [5.41, 5.74) is 3.55. The molecule has 3 aromatic rings. The topological polar surface area (TPSA) is 82.3 Å². The van der Waals surface area contributed by atoms with Crippen molar-refractivity contribution >= 4 is 28.5 Å². The number of amides is 2. The number of Topliss-reactive ketones (excluding diaryl/α,β-unsaturated/α-hetero) is 1. The SMILES string of the molecule is Cc1[nH]c2ccccc2c1C(=O)C(=O)N(Cc1ccc(C(=O)NC2CC2)cc1)C1CC1. The van der Waals surface area contributed by atoms with Crippen LogP contribution in [0.25, 0.3) is 10.9 Å². The predicted molar refractivity (Wildman–Crippen MR) is 118 cm³/mol. The molecule has 0 saturated heterocycles. The Kier molecular flexibility index (Phi) is 4.85. The number of nitrogens with zero attached hydrogens (tertiary/aromatic N) is 1. The fourth-order valence-electron chi connectivity index (χ4n) is 4.01. The van der Waals surface area contributed by atoms with Gasteiger partial charge in [-0.25, -0.2) is 0 Å². The van der Waals surface area contributed by atoms with Gasteiger partial charge in [0.1, 0.15) is 0 Å². The molecular formula is C25H25N3O3. The quantitative estimate of drug-likeness (QED) is 0.456. The first-order valence-corrected chi connectivity index (χ1v) is 10.8. The molecule has 2 amide bonds. The number of para-hydroxylation sites is 1. The third-order valence-corrected chi connectivity index (χ3v) is 6.04. The minimum Gasteiger partial charge on any atom is -0.358 e. The van der Waals surface area contributed by atoms with Gasteiger partial charge in [0, 0.05) is 40.8 Å². The van der Waals surface area contributed by atoms with E-state index >= 15 is 0 Å². The van der Waals surface area contributed by atoms with Gasteiger partial charge in [0.05, 0.1) is 5.56 Å². The molecule has 6 nitrogen and oxygen atoms in total. The highest BCUT2D eigenvalue weighted by Gasteiger charge is 2.37. The number of carbonyl (C=O) groups is 3. The largest absolute Gasteiger partial charge is 0.358 e. The minimum atomic E-state index is -0.470. The van der Waals surface area contributed by atoms with E-state index in [2.05, 4.69) is 10.3 Å². The van der Waals surface area contributed by atoms with Crippen molar-refractivity contribution in [2.75, 3.05) is 0 Å². The highest BCUT2D eigenvalue weighted by atomic mass is 16.2. The molecule has 158 valence electrons. The second kappa shape index (κ2) is 7.69. The number of hydrogen-bond donors (Lipinski definition) is 2. The third kappa shape index (κ3) is 3.98. The fourth-order valence-corrected chi connectivity index (χ4v) is 4.01. The summed E-state index contributed by atoms with van der Waals surface area (Å²) < 4.78 is 0. The average Bonchev–Trinajstić information content (AvgIpc) is 3.69. The van der Waals surface area contributed by atoms with Crippen molar-refractivity contribution in [2.45, 2.75) is 51.2 Å². The number of aromatic amines is 1. The lowest BCUT2D eigenvalue weighted by molar-refractivity contribution is -0.127. The summed E-state index contributed by atoms with van der Waals surface area (Å²) in [5.74, 6) is -0.998. The van der Waals surface area contributed by atoms with Crippen LogP contribution in [0.2, 0.25) is 0 Å². The summed E-state index contributed by atoms with van der Waals surface area (Å²) in [6, 6.07) is 15.3. The van der Waals surface area contributed by atoms with Crippen molar-refractivity contribution in [1.29, 1.82) is 0 Å². The molecule has 1 aromatic heterocycles. The Morgan fingerprint density at radius 3 is 2.39 bits per heavy atom. The van der Waals surface area contributed by atoms with Crippen LogP contribution in [0, 0.1) is 6.92 Å². The molecule has 0 radical (unpaired) electrons. The summed E-state index contributed by atoms with van der Waals surface area (Å²) in [6.07, 6.45) is 3.92. The molecule has 1 heterocycles. The minimum absolute atomic E-state index is 0.0610. The van der Waals surface area contributed by atoms with Gasteiger partial charge >= 0.3 is 0 Å². The molecular weight excluding hydrogens is 390 g/mol. The monoisotopic (exact) mass is 415 g/mol. The fraction of sp³-hybridized carbons (Fsp3) is 0.320. The number of H-pyrrole nitrogens is 1. The van der Waals surface area contributed by atoms with Gasteiger partial charge in [0.2, 0.25) is 0 Å². The lowest BCUT2D eigenvalue weighted by atomic mass is 10.0. The first kappa shape index (κ1) is 19.5. The second-order valence-corrected chi connectivity index (χ2v) is 8.61. The van der Waals surface area contributed by atoms with Crippen LogP contribution in [0.15, 0.2) is 48.5 Å². The van der Waals surface area contributed by atoms with Crippen LogP contribution in [0.4, 0.5) is 0 Å². The molecule has 0 aliphatic heterocycles. The highest BCUT2D eigenvalue weighted by Crippen LogP contribution is 2.30. The first-order valence-electron chi connectivity index (χ1n) is 10.8. The molecule has 2 fully saturated rings. The van der Waals surface area contributed by atoms with E-state index in [-0.39, 0.29) is 11.9 Å². The van der Waals surface area contributed by atoms with Crippen LogP contribution >= 0.6 is 0 Å². The van der Waals surface area contributed by atoms with Gasteiger partial charge in [-0.3, -0.25) is 14.4 Å². The molecule has 2 aliphatic rings. The molecule has 6 heteroatoms. The molecule has 2 saturated carbocycles. The van der Waals surface area contributed by atoms with Gasteiger partial charge in [0.25, 0.3) is 17.6 Å². The van der Waals surface area contributed by atoms with Gasteiger partial charge in [-0.1, -0.05) is 30.3 Å². The van der Waals surface area contributed by atoms with Crippen LogP contribution in [0.5, 0.6) is 0 Å². The number of hydrogen-bond acceptors (Lipinski definition) is 3. The Labute approximate surface area is 180 Å². The first-order chi connectivity index (χ1) is 15.0. The Balaban J connectivity index is 1.34. The normalized spacial score (nSPS) is 15.6. The van der Waals surface area contributed by atoms with Crippen molar-refractivity contribution in [3.05, 3.63) is 70.9 Å². The lowest BCUT2D eigenvalue weighted by Crippen LogP contribution is -2.38. The summed E-state index contributed by atoms with van der Waals surface area (Å²) in [5, 5.41) is 3.75. The Morgan fingerprint density at radius 2 is 1.71 bits per heavy atom. The Hall–Kier alpha value is -3.41. The summed E-state index contributed by atoms with van der Waals surface area (Å²) in [6.45, 7) is 2.19. The summed E-state index contributed by atoms with van der Waals surface area (Å²) in [7, 11) is 0. The summed E-state index contributed by atoms with van der Waals surface area (Å²) >= 11 is 0. The van der Waals surface area contributed by atoms with Crippen LogP contribution in [-0.2, 0) is 11.3 Å². The van der Waals surface area contributed by atoms with Crippen LogP contribution in [0.1, 0.15) is 57.7 Å². The third-order valence-electron chi connectivity index (χ3n) is 6.04. The molecule has 2 N–H and O–H groups in total. The molecule has 31 heavy (non-hydrogen) atoms. The van der Waals surface area contributed by atoms with Gasteiger partial charge in [-0.15, -0.1) is 0 Å². The molecule has 0 spiro atoms. The van der Waals surface area contributed by atoms with Gasteiger partial charge in [-0.2, -0.15) is 0 Å². The number of aromatic nitrogens is 1. The molecule has 5 rings (SSSR count). The zero-order valence-corrected chi connectivity index (χ0v) is 17.5. The van der Waals surface area contributed by atoms with Crippen molar-refractivity contribution in [1.82, 2.24) is 15.2 Å². The molecule has 2 aromatic carbocycles.